The van der Waals surface area contributed by atoms with Gasteiger partial charge < -0.3 is 10.2 Å². The van der Waals surface area contributed by atoms with Gasteiger partial charge in [0.15, 0.2) is 0 Å². The van der Waals surface area contributed by atoms with Gasteiger partial charge in [0.25, 0.3) is 0 Å². The minimum absolute atomic E-state index is 0.310. The molecule has 0 unspecified atom stereocenters. The summed E-state index contributed by atoms with van der Waals surface area (Å²) in [7, 11) is 0. The molecule has 14 heavy (non-hydrogen) atoms. The molecule has 2 rings (SSSR count). The second-order valence-corrected chi connectivity index (χ2v) is 4.11. The van der Waals surface area contributed by atoms with Crippen molar-refractivity contribution in [3.05, 3.63) is 0 Å². The van der Waals surface area contributed by atoms with Crippen LogP contribution in [-0.2, 0) is 4.79 Å². The number of carbonyl (C=O) groups is 1. The predicted molar refractivity (Wildman–Crippen MR) is 55.1 cm³/mol. The summed E-state index contributed by atoms with van der Waals surface area (Å²) < 4.78 is 0. The lowest BCUT2D eigenvalue weighted by atomic mass is 10.1. The zero-order valence-electron chi connectivity index (χ0n) is 8.83. The van der Waals surface area contributed by atoms with Crippen LogP contribution in [0.1, 0.15) is 13.3 Å². The van der Waals surface area contributed by atoms with Crippen LogP contribution in [0.3, 0.4) is 0 Å². The van der Waals surface area contributed by atoms with Crippen LogP contribution in [0.2, 0.25) is 0 Å². The smallest absolute Gasteiger partial charge is 0.236 e. The van der Waals surface area contributed by atoms with E-state index in [1.807, 2.05) is 4.90 Å². The maximum atomic E-state index is 11.7. The quantitative estimate of drug-likeness (QED) is 0.661. The Bertz CT molecular complexity index is 211. The topological polar surface area (TPSA) is 35.6 Å². The van der Waals surface area contributed by atoms with Crippen molar-refractivity contribution < 1.29 is 4.79 Å². The molecule has 1 N–H and O–H groups in total. The van der Waals surface area contributed by atoms with Gasteiger partial charge in [-0.1, -0.05) is 6.92 Å². The van der Waals surface area contributed by atoms with Gasteiger partial charge in [0.1, 0.15) is 0 Å². The van der Waals surface area contributed by atoms with Crippen LogP contribution in [0.15, 0.2) is 0 Å². The highest BCUT2D eigenvalue weighted by Gasteiger charge is 2.28. The van der Waals surface area contributed by atoms with Crippen LogP contribution in [-0.4, -0.2) is 61.0 Å². The van der Waals surface area contributed by atoms with Gasteiger partial charge in [0.05, 0.1) is 6.54 Å². The molecule has 4 heteroatoms. The van der Waals surface area contributed by atoms with Crippen LogP contribution in [0.5, 0.6) is 0 Å². The summed E-state index contributed by atoms with van der Waals surface area (Å²) in [5.41, 5.74) is 0. The average molecular weight is 197 g/mol. The van der Waals surface area contributed by atoms with Crippen molar-refractivity contribution in [3.8, 4) is 0 Å². The lowest BCUT2D eigenvalue weighted by Crippen LogP contribution is -2.59. The van der Waals surface area contributed by atoms with E-state index in [9.17, 15) is 4.79 Å². The Morgan fingerprint density at radius 1 is 1.50 bits per heavy atom. The molecule has 0 atom stereocenters. The number of likely N-dealkylation sites (tertiary alicyclic amines) is 1. The largest absolute Gasteiger partial charge is 0.341 e. The fourth-order valence-electron chi connectivity index (χ4n) is 1.87. The molecule has 2 fully saturated rings. The van der Waals surface area contributed by atoms with Crippen LogP contribution >= 0.6 is 0 Å². The number of rotatable bonds is 4. The summed E-state index contributed by atoms with van der Waals surface area (Å²) in [6.45, 7) is 7.75. The first-order valence-corrected chi connectivity index (χ1v) is 5.54. The number of hydrogen-bond acceptors (Lipinski definition) is 3. The number of likely N-dealkylation sites (N-methyl/N-ethyl adjacent to an activating group) is 1. The normalized spacial score (nSPS) is 22.0. The second-order valence-electron chi connectivity index (χ2n) is 4.11. The Hall–Kier alpha value is -0.610. The number of nitrogens with zero attached hydrogens (tertiary/aromatic N) is 2. The van der Waals surface area contributed by atoms with Crippen molar-refractivity contribution in [2.24, 2.45) is 0 Å². The van der Waals surface area contributed by atoms with E-state index >= 15 is 0 Å². The zero-order valence-corrected chi connectivity index (χ0v) is 8.83. The fourth-order valence-corrected chi connectivity index (χ4v) is 1.87. The van der Waals surface area contributed by atoms with Gasteiger partial charge in [-0.25, -0.2) is 0 Å². The van der Waals surface area contributed by atoms with Crippen LogP contribution in [0.4, 0.5) is 0 Å². The van der Waals surface area contributed by atoms with Gasteiger partial charge in [-0.3, -0.25) is 9.69 Å². The first-order valence-electron chi connectivity index (χ1n) is 5.54. The van der Waals surface area contributed by atoms with Crippen LogP contribution in [0, 0.1) is 0 Å². The lowest BCUT2D eigenvalue weighted by Gasteiger charge is -2.39. The highest BCUT2D eigenvalue weighted by Crippen LogP contribution is 2.09. The fraction of sp³-hybridized carbons (Fsp3) is 0.900. The van der Waals surface area contributed by atoms with E-state index in [1.54, 1.807) is 0 Å². The highest BCUT2D eigenvalue weighted by atomic mass is 16.2. The minimum atomic E-state index is 0.310. The SMILES string of the molecule is CCN(CC(=O)N1CCC1)C1CNC1. The van der Waals surface area contributed by atoms with Crippen LogP contribution in [0.25, 0.3) is 0 Å². The molecule has 0 aromatic rings. The molecule has 2 aliphatic heterocycles. The van der Waals surface area contributed by atoms with Gasteiger partial charge in [-0.2, -0.15) is 0 Å². The van der Waals surface area contributed by atoms with E-state index in [2.05, 4.69) is 17.1 Å². The zero-order chi connectivity index (χ0) is 9.97. The summed E-state index contributed by atoms with van der Waals surface area (Å²) in [6.07, 6.45) is 1.18. The molecule has 4 nitrogen and oxygen atoms in total. The third kappa shape index (κ3) is 1.91. The van der Waals surface area contributed by atoms with E-state index in [0.717, 1.165) is 32.7 Å². The predicted octanol–water partition coefficient (Wildman–Crippen LogP) is -0.488. The first-order chi connectivity index (χ1) is 6.81. The van der Waals surface area contributed by atoms with Crippen molar-refractivity contribution in [2.75, 3.05) is 39.3 Å². The monoisotopic (exact) mass is 197 g/mol. The Balaban J connectivity index is 1.77. The van der Waals surface area contributed by atoms with E-state index in [1.165, 1.54) is 6.42 Å². The number of carbonyl (C=O) groups excluding carboxylic acids is 1. The van der Waals surface area contributed by atoms with Gasteiger partial charge in [-0.05, 0) is 13.0 Å². The molecule has 80 valence electrons. The molecule has 0 bridgehead atoms. The maximum Gasteiger partial charge on any atom is 0.236 e. The lowest BCUT2D eigenvalue weighted by molar-refractivity contribution is -0.136. The molecule has 2 saturated heterocycles. The maximum absolute atomic E-state index is 11.7. The summed E-state index contributed by atoms with van der Waals surface area (Å²) in [6, 6.07) is 0.588. The molecule has 0 spiro atoms. The standard InChI is InChI=1S/C10H19N3O/c1-2-12(9-6-11-7-9)8-10(14)13-4-3-5-13/h9,11H,2-8H2,1H3. The Kier molecular flexibility index (Phi) is 3.03. The van der Waals surface area contributed by atoms with Gasteiger partial charge in [0.2, 0.25) is 5.91 Å². The third-order valence-corrected chi connectivity index (χ3v) is 3.23. The number of hydrogen-bond donors (Lipinski definition) is 1. The minimum Gasteiger partial charge on any atom is -0.341 e. The summed E-state index contributed by atoms with van der Waals surface area (Å²) in [5.74, 6) is 0.310. The van der Waals surface area contributed by atoms with Gasteiger partial charge in [0, 0.05) is 32.2 Å². The first kappa shape index (κ1) is 9.93. The average Bonchev–Trinajstić information content (AvgIpc) is 1.96. The summed E-state index contributed by atoms with van der Waals surface area (Å²) >= 11 is 0. The molecule has 0 aliphatic carbocycles. The van der Waals surface area contributed by atoms with Crippen molar-refractivity contribution >= 4 is 5.91 Å². The third-order valence-electron chi connectivity index (χ3n) is 3.23. The molecular formula is C10H19N3O. The number of nitrogens with one attached hydrogen (secondary N) is 1. The Morgan fingerprint density at radius 2 is 2.21 bits per heavy atom. The van der Waals surface area contributed by atoms with E-state index in [0.29, 0.717) is 18.5 Å². The molecule has 0 aromatic heterocycles. The molecular weight excluding hydrogens is 178 g/mol. The van der Waals surface area contributed by atoms with Crippen molar-refractivity contribution in [2.45, 2.75) is 19.4 Å². The van der Waals surface area contributed by atoms with E-state index < -0.39 is 0 Å². The van der Waals surface area contributed by atoms with Crippen molar-refractivity contribution in [1.29, 1.82) is 0 Å². The summed E-state index contributed by atoms with van der Waals surface area (Å²) in [4.78, 5) is 15.9. The molecule has 2 aliphatic rings. The molecule has 0 saturated carbocycles. The molecule has 1 amide bonds. The van der Waals surface area contributed by atoms with Crippen molar-refractivity contribution in [1.82, 2.24) is 15.1 Å². The van der Waals surface area contributed by atoms with E-state index in [-0.39, 0.29) is 0 Å². The summed E-state index contributed by atoms with van der Waals surface area (Å²) in [5, 5.41) is 3.24. The number of amides is 1. The van der Waals surface area contributed by atoms with E-state index in [4.69, 9.17) is 0 Å². The van der Waals surface area contributed by atoms with Gasteiger partial charge >= 0.3 is 0 Å². The van der Waals surface area contributed by atoms with Gasteiger partial charge in [-0.15, -0.1) is 0 Å². The molecule has 0 radical (unpaired) electrons. The van der Waals surface area contributed by atoms with Crippen molar-refractivity contribution in [3.63, 3.8) is 0 Å². The molecule has 0 aromatic carbocycles. The highest BCUT2D eigenvalue weighted by molar-refractivity contribution is 5.79. The Labute approximate surface area is 85.2 Å². The Morgan fingerprint density at radius 3 is 2.57 bits per heavy atom. The second kappa shape index (κ2) is 4.28. The van der Waals surface area contributed by atoms with Crippen LogP contribution < -0.4 is 5.32 Å². The molecule has 2 heterocycles.